The predicted octanol–water partition coefficient (Wildman–Crippen LogP) is 4.72. The Morgan fingerprint density at radius 2 is 1.50 bits per heavy atom. The van der Waals surface area contributed by atoms with Crippen LogP contribution in [0, 0.1) is 13.8 Å². The minimum atomic E-state index is -0.718. The van der Waals surface area contributed by atoms with Gasteiger partial charge in [-0.3, -0.25) is 9.59 Å². The van der Waals surface area contributed by atoms with Gasteiger partial charge in [0.1, 0.15) is 11.4 Å². The Morgan fingerprint density at radius 1 is 0.923 bits per heavy atom. The van der Waals surface area contributed by atoms with Crippen molar-refractivity contribution in [2.75, 3.05) is 0 Å². The average molecular weight is 354 g/mol. The highest BCUT2D eigenvalue weighted by molar-refractivity contribution is 5.86. The van der Waals surface area contributed by atoms with Crippen LogP contribution in [-0.4, -0.2) is 17.5 Å². The molecule has 4 heteroatoms. The lowest BCUT2D eigenvalue weighted by atomic mass is 9.95. The molecule has 0 radical (unpaired) electrons. The third kappa shape index (κ3) is 5.45. The standard InChI is InChI=1S/C22H26O4/c1-15-10-9-11-16(2)20(15)25-21(24)18(17-12-7-6-8-13-17)14-19(23)26-22(3,4)5/h6-13,18H,14H2,1-5H3/t18-/m0/s1. The topological polar surface area (TPSA) is 52.6 Å². The van der Waals surface area contributed by atoms with Gasteiger partial charge in [0.2, 0.25) is 0 Å². The Hall–Kier alpha value is -2.62. The van der Waals surface area contributed by atoms with E-state index < -0.39 is 23.5 Å². The first-order chi connectivity index (χ1) is 12.2. The molecule has 4 nitrogen and oxygen atoms in total. The Kier molecular flexibility index (Phi) is 6.19. The summed E-state index contributed by atoms with van der Waals surface area (Å²) in [6, 6.07) is 14.9. The first kappa shape index (κ1) is 19.7. The minimum Gasteiger partial charge on any atom is -0.460 e. The van der Waals surface area contributed by atoms with Gasteiger partial charge in [0.05, 0.1) is 12.3 Å². The third-order valence-electron chi connectivity index (χ3n) is 3.89. The lowest BCUT2D eigenvalue weighted by Gasteiger charge is -2.22. The van der Waals surface area contributed by atoms with Crippen LogP contribution in [0.3, 0.4) is 0 Å². The van der Waals surface area contributed by atoms with Gasteiger partial charge < -0.3 is 9.47 Å². The zero-order valence-electron chi connectivity index (χ0n) is 16.0. The first-order valence-corrected chi connectivity index (χ1v) is 8.72. The number of carbonyl (C=O) groups excluding carboxylic acids is 2. The summed E-state index contributed by atoms with van der Waals surface area (Å²) in [7, 11) is 0. The summed E-state index contributed by atoms with van der Waals surface area (Å²) < 4.78 is 11.1. The molecular weight excluding hydrogens is 328 g/mol. The number of hydrogen-bond donors (Lipinski definition) is 0. The van der Waals surface area contributed by atoms with Gasteiger partial charge in [0, 0.05) is 0 Å². The summed E-state index contributed by atoms with van der Waals surface area (Å²) in [5.41, 5.74) is 1.88. The summed E-state index contributed by atoms with van der Waals surface area (Å²) in [6.45, 7) is 9.19. The highest BCUT2D eigenvalue weighted by Crippen LogP contribution is 2.28. The van der Waals surface area contributed by atoms with Crippen molar-refractivity contribution < 1.29 is 19.1 Å². The summed E-state index contributed by atoms with van der Waals surface area (Å²) in [5.74, 6) is -1.06. The van der Waals surface area contributed by atoms with Crippen LogP contribution in [0.4, 0.5) is 0 Å². The second-order valence-electron chi connectivity index (χ2n) is 7.40. The maximum absolute atomic E-state index is 12.9. The van der Waals surface area contributed by atoms with Gasteiger partial charge in [0.25, 0.3) is 0 Å². The number of carbonyl (C=O) groups is 2. The molecule has 2 aromatic rings. The van der Waals surface area contributed by atoms with E-state index in [0.29, 0.717) is 5.75 Å². The smallest absolute Gasteiger partial charge is 0.319 e. The number of ether oxygens (including phenoxy) is 2. The molecule has 0 amide bonds. The molecule has 0 unspecified atom stereocenters. The van der Waals surface area contributed by atoms with Crippen LogP contribution in [0.2, 0.25) is 0 Å². The van der Waals surface area contributed by atoms with E-state index in [0.717, 1.165) is 16.7 Å². The van der Waals surface area contributed by atoms with Crippen LogP contribution in [0.5, 0.6) is 5.75 Å². The second kappa shape index (κ2) is 8.17. The zero-order chi connectivity index (χ0) is 19.3. The summed E-state index contributed by atoms with van der Waals surface area (Å²) >= 11 is 0. The molecule has 2 aromatic carbocycles. The van der Waals surface area contributed by atoms with E-state index in [1.165, 1.54) is 0 Å². The largest absolute Gasteiger partial charge is 0.460 e. The van der Waals surface area contributed by atoms with E-state index in [-0.39, 0.29) is 6.42 Å². The highest BCUT2D eigenvalue weighted by Gasteiger charge is 2.29. The molecule has 0 heterocycles. The molecule has 138 valence electrons. The number of rotatable bonds is 5. The van der Waals surface area contributed by atoms with Crippen LogP contribution in [0.1, 0.15) is 49.8 Å². The van der Waals surface area contributed by atoms with Crippen molar-refractivity contribution in [1.82, 2.24) is 0 Å². The fourth-order valence-electron chi connectivity index (χ4n) is 2.70. The monoisotopic (exact) mass is 354 g/mol. The fourth-order valence-corrected chi connectivity index (χ4v) is 2.70. The Bertz CT molecular complexity index is 752. The summed E-state index contributed by atoms with van der Waals surface area (Å²) in [4.78, 5) is 25.2. The molecule has 0 bridgehead atoms. The lowest BCUT2D eigenvalue weighted by Crippen LogP contribution is -2.28. The molecule has 0 saturated carbocycles. The van der Waals surface area contributed by atoms with E-state index in [1.54, 1.807) is 20.8 Å². The highest BCUT2D eigenvalue weighted by atomic mass is 16.6. The maximum Gasteiger partial charge on any atom is 0.319 e. The van der Waals surface area contributed by atoms with E-state index in [9.17, 15) is 9.59 Å². The number of hydrogen-bond acceptors (Lipinski definition) is 4. The van der Waals surface area contributed by atoms with Crippen LogP contribution in [0.15, 0.2) is 48.5 Å². The van der Waals surface area contributed by atoms with Crippen LogP contribution >= 0.6 is 0 Å². The van der Waals surface area contributed by atoms with Crippen molar-refractivity contribution in [3.63, 3.8) is 0 Å². The Balaban J connectivity index is 2.26. The van der Waals surface area contributed by atoms with Crippen LogP contribution in [0.25, 0.3) is 0 Å². The maximum atomic E-state index is 12.9. The molecule has 1 atom stereocenters. The van der Waals surface area contributed by atoms with Gasteiger partial charge in [-0.15, -0.1) is 0 Å². The molecule has 0 fully saturated rings. The van der Waals surface area contributed by atoms with Gasteiger partial charge >= 0.3 is 11.9 Å². The molecule has 0 aromatic heterocycles. The summed E-state index contributed by atoms with van der Waals surface area (Å²) in [5, 5.41) is 0. The fraction of sp³-hybridized carbons (Fsp3) is 0.364. The first-order valence-electron chi connectivity index (χ1n) is 8.72. The molecule has 0 aliphatic heterocycles. The van der Waals surface area contributed by atoms with Crippen molar-refractivity contribution >= 4 is 11.9 Å². The molecule has 0 aliphatic carbocycles. The number of para-hydroxylation sites is 1. The van der Waals surface area contributed by atoms with E-state index >= 15 is 0 Å². The minimum absolute atomic E-state index is 0.0644. The number of esters is 2. The van der Waals surface area contributed by atoms with Crippen molar-refractivity contribution in [2.45, 2.75) is 52.6 Å². The van der Waals surface area contributed by atoms with Crippen molar-refractivity contribution in [1.29, 1.82) is 0 Å². The molecule has 2 rings (SSSR count). The van der Waals surface area contributed by atoms with Crippen LogP contribution < -0.4 is 4.74 Å². The van der Waals surface area contributed by atoms with Crippen LogP contribution in [-0.2, 0) is 14.3 Å². The van der Waals surface area contributed by atoms with Crippen molar-refractivity contribution in [3.8, 4) is 5.75 Å². The molecular formula is C22H26O4. The zero-order valence-corrected chi connectivity index (χ0v) is 16.0. The Labute approximate surface area is 155 Å². The van der Waals surface area contributed by atoms with Gasteiger partial charge in [-0.1, -0.05) is 48.5 Å². The lowest BCUT2D eigenvalue weighted by molar-refractivity contribution is -0.157. The third-order valence-corrected chi connectivity index (χ3v) is 3.89. The van der Waals surface area contributed by atoms with Gasteiger partial charge in [-0.25, -0.2) is 0 Å². The van der Waals surface area contributed by atoms with E-state index in [1.807, 2.05) is 62.4 Å². The van der Waals surface area contributed by atoms with Crippen molar-refractivity contribution in [3.05, 3.63) is 65.2 Å². The Morgan fingerprint density at radius 3 is 2.04 bits per heavy atom. The predicted molar refractivity (Wildman–Crippen MR) is 101 cm³/mol. The molecule has 0 spiro atoms. The van der Waals surface area contributed by atoms with E-state index in [2.05, 4.69) is 0 Å². The van der Waals surface area contributed by atoms with Gasteiger partial charge in [0.15, 0.2) is 0 Å². The molecule has 0 saturated heterocycles. The normalized spacial score (nSPS) is 12.3. The quantitative estimate of drug-likeness (QED) is 0.576. The van der Waals surface area contributed by atoms with E-state index in [4.69, 9.17) is 9.47 Å². The second-order valence-corrected chi connectivity index (χ2v) is 7.40. The SMILES string of the molecule is Cc1cccc(C)c1OC(=O)[C@@H](CC(=O)OC(C)(C)C)c1ccccc1. The average Bonchev–Trinajstić information content (AvgIpc) is 2.55. The van der Waals surface area contributed by atoms with Gasteiger partial charge in [-0.05, 0) is 51.3 Å². The number of benzene rings is 2. The molecule has 0 aliphatic rings. The molecule has 26 heavy (non-hydrogen) atoms. The summed E-state index contributed by atoms with van der Waals surface area (Å²) in [6.07, 6.45) is -0.0644. The van der Waals surface area contributed by atoms with Crippen molar-refractivity contribution in [2.24, 2.45) is 0 Å². The van der Waals surface area contributed by atoms with Gasteiger partial charge in [-0.2, -0.15) is 0 Å². The number of aryl methyl sites for hydroxylation is 2. The molecule has 0 N–H and O–H groups in total.